The fourth-order valence-electron chi connectivity index (χ4n) is 3.56. The predicted octanol–water partition coefficient (Wildman–Crippen LogP) is 2.42. The second-order valence-electron chi connectivity index (χ2n) is 5.82. The maximum absolute atomic E-state index is 12.8. The molecule has 1 aromatic rings. The molecule has 0 aromatic carbocycles. The molecule has 7 heteroatoms. The molecular formula is C13H20ClN3O2S. The third-order valence-corrected chi connectivity index (χ3v) is 7.00. The lowest BCUT2D eigenvalue weighted by Crippen LogP contribution is -2.49. The average molecular weight is 318 g/mol. The highest BCUT2D eigenvalue weighted by Crippen LogP contribution is 2.38. The van der Waals surface area contributed by atoms with Crippen molar-refractivity contribution in [2.24, 2.45) is 13.0 Å². The Bertz CT molecular complexity index is 597. The van der Waals surface area contributed by atoms with Gasteiger partial charge in [-0.15, -0.1) is 0 Å². The first kappa shape index (κ1) is 14.4. The van der Waals surface area contributed by atoms with Gasteiger partial charge in [0, 0.05) is 19.6 Å². The van der Waals surface area contributed by atoms with Gasteiger partial charge in [-0.2, -0.15) is 4.31 Å². The monoisotopic (exact) mass is 317 g/mol. The van der Waals surface area contributed by atoms with Crippen molar-refractivity contribution >= 4 is 21.6 Å². The van der Waals surface area contributed by atoms with Crippen molar-refractivity contribution in [1.82, 2.24) is 13.9 Å². The van der Waals surface area contributed by atoms with E-state index in [9.17, 15) is 8.42 Å². The lowest BCUT2D eigenvalue weighted by molar-refractivity contribution is 0.129. The van der Waals surface area contributed by atoms with Gasteiger partial charge >= 0.3 is 0 Å². The molecule has 20 heavy (non-hydrogen) atoms. The van der Waals surface area contributed by atoms with Crippen LogP contribution < -0.4 is 0 Å². The van der Waals surface area contributed by atoms with Crippen molar-refractivity contribution in [3.05, 3.63) is 11.5 Å². The molecule has 112 valence electrons. The van der Waals surface area contributed by atoms with Gasteiger partial charge in [0.25, 0.3) is 10.0 Å². The fourth-order valence-corrected chi connectivity index (χ4v) is 5.70. The molecular weight excluding hydrogens is 298 g/mol. The van der Waals surface area contributed by atoms with E-state index in [1.54, 1.807) is 11.4 Å². The Balaban J connectivity index is 1.95. The van der Waals surface area contributed by atoms with Crippen LogP contribution in [0.5, 0.6) is 0 Å². The minimum atomic E-state index is -3.57. The Morgan fingerprint density at radius 3 is 2.65 bits per heavy atom. The molecule has 1 aliphatic carbocycles. The van der Waals surface area contributed by atoms with E-state index in [4.69, 9.17) is 11.6 Å². The van der Waals surface area contributed by atoms with Crippen molar-refractivity contribution in [2.75, 3.05) is 6.54 Å². The molecule has 0 N–H and O–H groups in total. The van der Waals surface area contributed by atoms with Crippen molar-refractivity contribution in [2.45, 2.75) is 49.6 Å². The molecule has 3 rings (SSSR count). The number of hydrogen-bond acceptors (Lipinski definition) is 3. The van der Waals surface area contributed by atoms with Crippen LogP contribution in [0.4, 0.5) is 0 Å². The summed E-state index contributed by atoms with van der Waals surface area (Å²) in [7, 11) is -1.87. The van der Waals surface area contributed by atoms with Gasteiger partial charge in [-0.05, 0) is 31.6 Å². The van der Waals surface area contributed by atoms with E-state index in [-0.39, 0.29) is 16.2 Å². The lowest BCUT2D eigenvalue weighted by Gasteiger charge is -2.42. The zero-order valence-corrected chi connectivity index (χ0v) is 13.2. The summed E-state index contributed by atoms with van der Waals surface area (Å²) >= 11 is 6.08. The summed E-state index contributed by atoms with van der Waals surface area (Å²) in [5.74, 6) is 0.509. The molecule has 2 aliphatic rings. The highest BCUT2D eigenvalue weighted by molar-refractivity contribution is 7.89. The second-order valence-corrected chi connectivity index (χ2v) is 7.99. The Labute approximate surface area is 125 Å². The maximum Gasteiger partial charge on any atom is 0.263 e. The van der Waals surface area contributed by atoms with Crippen molar-refractivity contribution in [1.29, 1.82) is 0 Å². The Hall–Kier alpha value is -0.590. The Kier molecular flexibility index (Phi) is 3.81. The number of hydrogen-bond donors (Lipinski definition) is 0. The molecule has 0 unspecified atom stereocenters. The van der Waals surface area contributed by atoms with E-state index >= 15 is 0 Å². The molecule has 0 amide bonds. The smallest absolute Gasteiger partial charge is 0.263 e. The summed E-state index contributed by atoms with van der Waals surface area (Å²) in [5, 5.41) is 0.204. The minimum absolute atomic E-state index is 0.00731. The summed E-state index contributed by atoms with van der Waals surface area (Å²) < 4.78 is 28.9. The average Bonchev–Trinajstić information content (AvgIpc) is 2.79. The molecule has 1 aromatic heterocycles. The molecule has 5 nitrogen and oxygen atoms in total. The van der Waals surface area contributed by atoms with Crippen LogP contribution in [0.15, 0.2) is 11.4 Å². The molecule has 1 saturated heterocycles. The second kappa shape index (κ2) is 5.31. The van der Waals surface area contributed by atoms with E-state index in [1.165, 1.54) is 17.3 Å². The van der Waals surface area contributed by atoms with Crippen LogP contribution in [0.2, 0.25) is 5.15 Å². The molecule has 0 bridgehead atoms. The molecule has 0 radical (unpaired) electrons. The standard InChI is InChI=1S/C13H20ClN3O2S/c1-16-9-15-13(12(16)14)20(18,19)17-8-4-6-10-5-2-3-7-11(10)17/h9-11H,2-8H2,1H3/t10-,11-/m1/s1. The Morgan fingerprint density at radius 2 is 1.95 bits per heavy atom. The van der Waals surface area contributed by atoms with Gasteiger partial charge in [0.2, 0.25) is 5.03 Å². The predicted molar refractivity (Wildman–Crippen MR) is 77.1 cm³/mol. The third-order valence-electron chi connectivity index (χ3n) is 4.58. The van der Waals surface area contributed by atoms with E-state index in [0.29, 0.717) is 12.5 Å². The van der Waals surface area contributed by atoms with Crippen LogP contribution in [0, 0.1) is 5.92 Å². The summed E-state index contributed by atoms with van der Waals surface area (Å²) in [6.07, 6.45) is 7.98. The first-order chi connectivity index (χ1) is 9.51. The fraction of sp³-hybridized carbons (Fsp3) is 0.769. The highest BCUT2D eigenvalue weighted by Gasteiger charge is 2.41. The largest absolute Gasteiger partial charge is 0.324 e. The number of halogens is 1. The zero-order chi connectivity index (χ0) is 14.3. The molecule has 1 aliphatic heterocycles. The molecule has 2 heterocycles. The van der Waals surface area contributed by atoms with Crippen molar-refractivity contribution in [3.8, 4) is 0 Å². The van der Waals surface area contributed by atoms with Gasteiger partial charge in [0.1, 0.15) is 5.15 Å². The highest BCUT2D eigenvalue weighted by atomic mass is 35.5. The Morgan fingerprint density at radius 1 is 1.25 bits per heavy atom. The number of fused-ring (bicyclic) bond motifs is 1. The molecule has 0 spiro atoms. The molecule has 1 saturated carbocycles. The number of aromatic nitrogens is 2. The van der Waals surface area contributed by atoms with Crippen molar-refractivity contribution < 1.29 is 8.42 Å². The van der Waals surface area contributed by atoms with Crippen LogP contribution >= 0.6 is 11.6 Å². The van der Waals surface area contributed by atoms with Gasteiger partial charge in [0.15, 0.2) is 0 Å². The minimum Gasteiger partial charge on any atom is -0.324 e. The number of aryl methyl sites for hydroxylation is 1. The third kappa shape index (κ3) is 2.27. The summed E-state index contributed by atoms with van der Waals surface area (Å²) in [5.41, 5.74) is 0. The van der Waals surface area contributed by atoms with Crippen LogP contribution in [0.3, 0.4) is 0 Å². The number of imidazole rings is 1. The summed E-state index contributed by atoms with van der Waals surface area (Å²) in [6.45, 7) is 0.594. The summed E-state index contributed by atoms with van der Waals surface area (Å²) in [6, 6.07) is 0.139. The van der Waals surface area contributed by atoms with Crippen molar-refractivity contribution in [3.63, 3.8) is 0 Å². The lowest BCUT2D eigenvalue weighted by atomic mass is 9.79. The van der Waals surface area contributed by atoms with E-state index < -0.39 is 10.0 Å². The van der Waals surface area contributed by atoms with Crippen LogP contribution in [-0.2, 0) is 17.1 Å². The van der Waals surface area contributed by atoms with Gasteiger partial charge in [-0.3, -0.25) is 0 Å². The topological polar surface area (TPSA) is 55.2 Å². The van der Waals surface area contributed by atoms with E-state index in [0.717, 1.165) is 32.1 Å². The maximum atomic E-state index is 12.8. The SMILES string of the molecule is Cn1cnc(S(=O)(=O)N2CCC[C@H]3CCCC[C@H]32)c1Cl. The summed E-state index contributed by atoms with van der Waals surface area (Å²) in [4.78, 5) is 4.00. The van der Waals surface area contributed by atoms with E-state index in [1.807, 2.05) is 0 Å². The normalized spacial score (nSPS) is 28.3. The van der Waals surface area contributed by atoms with Crippen LogP contribution in [0.1, 0.15) is 38.5 Å². The quantitative estimate of drug-likeness (QED) is 0.841. The first-order valence-corrected chi connectivity index (χ1v) is 9.02. The van der Waals surface area contributed by atoms with Gasteiger partial charge in [0.05, 0.1) is 6.33 Å². The van der Waals surface area contributed by atoms with Gasteiger partial charge in [-0.1, -0.05) is 24.4 Å². The van der Waals surface area contributed by atoms with Crippen LogP contribution in [0.25, 0.3) is 0 Å². The zero-order valence-electron chi connectivity index (χ0n) is 11.6. The first-order valence-electron chi connectivity index (χ1n) is 7.20. The van der Waals surface area contributed by atoms with Crippen LogP contribution in [-0.4, -0.2) is 34.9 Å². The number of nitrogens with zero attached hydrogens (tertiary/aromatic N) is 3. The number of sulfonamides is 1. The number of piperidine rings is 1. The van der Waals surface area contributed by atoms with Gasteiger partial charge < -0.3 is 4.57 Å². The molecule has 2 fully saturated rings. The molecule has 2 atom stereocenters. The number of rotatable bonds is 2. The van der Waals surface area contributed by atoms with Gasteiger partial charge in [-0.25, -0.2) is 13.4 Å². The van der Waals surface area contributed by atoms with E-state index in [2.05, 4.69) is 4.98 Å².